The fraction of sp³-hybridized carbons (Fsp3) is 0.478. The molecular weight excluding hydrogens is 336 g/mol. The number of allylic oxidation sites excluding steroid dienone is 2. The van der Waals surface area contributed by atoms with Crippen LogP contribution in [-0.2, 0) is 11.2 Å². The van der Waals surface area contributed by atoms with Crippen molar-refractivity contribution >= 4 is 16.7 Å². The highest BCUT2D eigenvalue weighted by atomic mass is 16.1. The minimum atomic E-state index is 0.0151. The predicted octanol–water partition coefficient (Wildman–Crippen LogP) is 4.15. The van der Waals surface area contributed by atoms with E-state index in [1.807, 2.05) is 19.1 Å². The molecule has 27 heavy (non-hydrogen) atoms. The number of H-pyrrole nitrogens is 1. The summed E-state index contributed by atoms with van der Waals surface area (Å²) in [5.74, 6) is 0.964. The van der Waals surface area contributed by atoms with E-state index < -0.39 is 0 Å². The minimum Gasteiger partial charge on any atom is -0.322 e. The van der Waals surface area contributed by atoms with Crippen molar-refractivity contribution in [2.75, 3.05) is 13.1 Å². The first-order valence-corrected chi connectivity index (χ1v) is 10.2. The van der Waals surface area contributed by atoms with Crippen molar-refractivity contribution < 1.29 is 4.79 Å². The number of rotatable bonds is 4. The maximum absolute atomic E-state index is 12.1. The van der Waals surface area contributed by atoms with Gasteiger partial charge in [-0.05, 0) is 60.7 Å². The summed E-state index contributed by atoms with van der Waals surface area (Å²) in [7, 11) is 0. The first-order chi connectivity index (χ1) is 13.2. The smallest absolute Gasteiger partial charge is 0.251 e. The second kappa shape index (κ2) is 7.81. The van der Waals surface area contributed by atoms with Crippen LogP contribution in [0.15, 0.2) is 41.2 Å². The Kier molecular flexibility index (Phi) is 5.26. The van der Waals surface area contributed by atoms with E-state index in [2.05, 4.69) is 34.2 Å². The standard InChI is InChI=1S/C23H28N2O2/c1-2-16-14-19-15-18(8-9-21(19)24-23(16)27)22(17-6-4-3-5-7-17)25-12-10-20(26)11-13-25/h3-4,8-9,14-15,17,22H,2,5-7,10-13H2,1H3,(H,24,27). The lowest BCUT2D eigenvalue weighted by Crippen LogP contribution is -2.40. The van der Waals surface area contributed by atoms with E-state index in [1.165, 1.54) is 12.0 Å². The Morgan fingerprint density at radius 2 is 1.96 bits per heavy atom. The van der Waals surface area contributed by atoms with Crippen LogP contribution >= 0.6 is 0 Å². The molecule has 0 saturated carbocycles. The van der Waals surface area contributed by atoms with E-state index in [0.717, 1.165) is 48.8 Å². The molecule has 1 N–H and O–H groups in total. The summed E-state index contributed by atoms with van der Waals surface area (Å²) < 4.78 is 0. The second-order valence-corrected chi connectivity index (χ2v) is 7.89. The molecule has 1 aliphatic carbocycles. The van der Waals surface area contributed by atoms with Crippen LogP contribution in [0.1, 0.15) is 56.2 Å². The van der Waals surface area contributed by atoms with Gasteiger partial charge in [0.2, 0.25) is 0 Å². The maximum atomic E-state index is 12.1. The quantitative estimate of drug-likeness (QED) is 0.829. The Hall–Kier alpha value is -2.20. The minimum absolute atomic E-state index is 0.0151. The molecule has 4 nitrogen and oxygen atoms in total. The second-order valence-electron chi connectivity index (χ2n) is 7.89. The number of benzene rings is 1. The number of aromatic amines is 1. The van der Waals surface area contributed by atoms with Gasteiger partial charge in [-0.15, -0.1) is 0 Å². The molecule has 4 rings (SSSR count). The Labute approximate surface area is 160 Å². The third kappa shape index (κ3) is 3.77. The molecule has 4 heteroatoms. The van der Waals surface area contributed by atoms with Crippen molar-refractivity contribution in [3.8, 4) is 0 Å². The fourth-order valence-corrected chi connectivity index (χ4v) is 4.65. The molecule has 2 aliphatic rings. The van der Waals surface area contributed by atoms with Gasteiger partial charge in [0, 0.05) is 43.1 Å². The molecule has 0 amide bonds. The molecule has 2 aromatic rings. The Morgan fingerprint density at radius 3 is 2.67 bits per heavy atom. The number of pyridine rings is 1. The maximum Gasteiger partial charge on any atom is 0.251 e. The summed E-state index contributed by atoms with van der Waals surface area (Å²) in [4.78, 5) is 29.4. The van der Waals surface area contributed by atoms with Gasteiger partial charge in [-0.1, -0.05) is 25.1 Å². The van der Waals surface area contributed by atoms with Gasteiger partial charge in [0.05, 0.1) is 0 Å². The van der Waals surface area contributed by atoms with Gasteiger partial charge in [-0.2, -0.15) is 0 Å². The number of Topliss-reactive ketones (excluding diaryl/α,β-unsaturated/α-hetero) is 1. The number of piperidine rings is 1. The number of aryl methyl sites for hydroxylation is 1. The highest BCUT2D eigenvalue weighted by Gasteiger charge is 2.31. The van der Waals surface area contributed by atoms with Gasteiger partial charge in [-0.25, -0.2) is 0 Å². The number of hydrogen-bond donors (Lipinski definition) is 1. The fourth-order valence-electron chi connectivity index (χ4n) is 4.65. The average Bonchev–Trinajstić information content (AvgIpc) is 2.70. The monoisotopic (exact) mass is 364 g/mol. The molecule has 0 radical (unpaired) electrons. The van der Waals surface area contributed by atoms with Gasteiger partial charge in [0.15, 0.2) is 0 Å². The zero-order valence-corrected chi connectivity index (χ0v) is 16.0. The van der Waals surface area contributed by atoms with Crippen LogP contribution in [0.25, 0.3) is 10.9 Å². The van der Waals surface area contributed by atoms with Crippen molar-refractivity contribution in [1.29, 1.82) is 0 Å². The SMILES string of the molecule is CCc1cc2cc(C(C3CC=CCC3)N3CCC(=O)CC3)ccc2[nH]c1=O. The number of carbonyl (C=O) groups is 1. The summed E-state index contributed by atoms with van der Waals surface area (Å²) in [6, 6.07) is 8.85. The Balaban J connectivity index is 1.74. The van der Waals surface area contributed by atoms with Gasteiger partial charge in [0.1, 0.15) is 5.78 Å². The molecule has 0 spiro atoms. The van der Waals surface area contributed by atoms with Gasteiger partial charge in [-0.3, -0.25) is 14.5 Å². The highest BCUT2D eigenvalue weighted by molar-refractivity contribution is 5.80. The molecule has 1 aromatic carbocycles. The van der Waals surface area contributed by atoms with Crippen LogP contribution in [-0.4, -0.2) is 28.8 Å². The number of aromatic nitrogens is 1. The van der Waals surface area contributed by atoms with Crippen molar-refractivity contribution in [2.45, 2.75) is 51.5 Å². The third-order valence-corrected chi connectivity index (χ3v) is 6.17. The van der Waals surface area contributed by atoms with Crippen molar-refractivity contribution in [2.24, 2.45) is 5.92 Å². The molecule has 1 aromatic heterocycles. The summed E-state index contributed by atoms with van der Waals surface area (Å²) >= 11 is 0. The largest absolute Gasteiger partial charge is 0.322 e. The van der Waals surface area contributed by atoms with Crippen molar-refractivity contribution in [3.63, 3.8) is 0 Å². The number of ketones is 1. The van der Waals surface area contributed by atoms with Crippen LogP contribution in [0.5, 0.6) is 0 Å². The van der Waals surface area contributed by atoms with E-state index >= 15 is 0 Å². The van der Waals surface area contributed by atoms with E-state index in [9.17, 15) is 9.59 Å². The predicted molar refractivity (Wildman–Crippen MR) is 109 cm³/mol. The lowest BCUT2D eigenvalue weighted by Gasteiger charge is -2.40. The summed E-state index contributed by atoms with van der Waals surface area (Å²) in [5, 5.41) is 1.10. The van der Waals surface area contributed by atoms with Gasteiger partial charge in [0.25, 0.3) is 5.56 Å². The normalized spacial score (nSPS) is 22.3. The number of fused-ring (bicyclic) bond motifs is 1. The molecule has 2 heterocycles. The molecule has 1 aliphatic heterocycles. The number of carbonyl (C=O) groups excluding carboxylic acids is 1. The van der Waals surface area contributed by atoms with Crippen LogP contribution in [0.2, 0.25) is 0 Å². The lowest BCUT2D eigenvalue weighted by atomic mass is 9.82. The molecule has 2 atom stereocenters. The molecule has 1 saturated heterocycles. The third-order valence-electron chi connectivity index (χ3n) is 6.17. The van der Waals surface area contributed by atoms with Crippen LogP contribution < -0.4 is 5.56 Å². The Bertz CT molecular complexity index is 918. The lowest BCUT2D eigenvalue weighted by molar-refractivity contribution is -0.122. The Morgan fingerprint density at radius 1 is 1.15 bits per heavy atom. The number of nitrogens with zero attached hydrogens (tertiary/aromatic N) is 1. The number of nitrogens with one attached hydrogen (secondary N) is 1. The van der Waals surface area contributed by atoms with Crippen LogP contribution in [0, 0.1) is 5.92 Å². The van der Waals surface area contributed by atoms with Gasteiger partial charge >= 0.3 is 0 Å². The zero-order chi connectivity index (χ0) is 18.8. The molecule has 0 bridgehead atoms. The van der Waals surface area contributed by atoms with E-state index in [4.69, 9.17) is 0 Å². The summed E-state index contributed by atoms with van der Waals surface area (Å²) in [6.07, 6.45) is 10.1. The van der Waals surface area contributed by atoms with Crippen LogP contribution in [0.4, 0.5) is 0 Å². The first-order valence-electron chi connectivity index (χ1n) is 10.2. The molecule has 2 unspecified atom stereocenters. The van der Waals surface area contributed by atoms with E-state index in [1.54, 1.807) is 0 Å². The van der Waals surface area contributed by atoms with Crippen LogP contribution in [0.3, 0.4) is 0 Å². The average molecular weight is 364 g/mol. The summed E-state index contributed by atoms with van der Waals surface area (Å²) in [5.41, 5.74) is 3.06. The number of hydrogen-bond acceptors (Lipinski definition) is 3. The van der Waals surface area contributed by atoms with E-state index in [-0.39, 0.29) is 5.56 Å². The van der Waals surface area contributed by atoms with E-state index in [0.29, 0.717) is 30.6 Å². The first kappa shape index (κ1) is 18.2. The highest BCUT2D eigenvalue weighted by Crippen LogP contribution is 2.38. The zero-order valence-electron chi connectivity index (χ0n) is 16.0. The van der Waals surface area contributed by atoms with Crippen molar-refractivity contribution in [1.82, 2.24) is 9.88 Å². The molecule has 142 valence electrons. The topological polar surface area (TPSA) is 53.2 Å². The van der Waals surface area contributed by atoms with Crippen molar-refractivity contribution in [3.05, 3.63) is 57.9 Å². The molecule has 1 fully saturated rings. The van der Waals surface area contributed by atoms with Gasteiger partial charge < -0.3 is 4.98 Å². The number of likely N-dealkylation sites (tertiary alicyclic amines) is 1. The summed E-state index contributed by atoms with van der Waals surface area (Å²) in [6.45, 7) is 3.73. The molecular formula is C23H28N2O2.